The average Bonchev–Trinajstić information content (AvgIpc) is 2.53. The first-order valence-electron chi connectivity index (χ1n) is 6.33. The van der Waals surface area contributed by atoms with Crippen LogP contribution in [0.3, 0.4) is 0 Å². The predicted molar refractivity (Wildman–Crippen MR) is 79.9 cm³/mol. The van der Waals surface area contributed by atoms with Crippen molar-refractivity contribution in [3.8, 4) is 11.1 Å². The summed E-state index contributed by atoms with van der Waals surface area (Å²) in [6.45, 7) is 0. The van der Waals surface area contributed by atoms with Gasteiger partial charge < -0.3 is 14.9 Å². The summed E-state index contributed by atoms with van der Waals surface area (Å²) >= 11 is 5.84. The average molecular weight is 307 g/mol. The molecule has 0 saturated heterocycles. The Bertz CT molecular complexity index is 607. The molecule has 2 aromatic carbocycles. The number of methoxy groups -OCH3 is 1. The van der Waals surface area contributed by atoms with Crippen molar-refractivity contribution in [2.45, 2.75) is 12.2 Å². The van der Waals surface area contributed by atoms with Crippen molar-refractivity contribution in [2.24, 2.45) is 0 Å². The summed E-state index contributed by atoms with van der Waals surface area (Å²) < 4.78 is 4.40. The van der Waals surface area contributed by atoms with Crippen LogP contribution in [-0.4, -0.2) is 29.4 Å². The zero-order valence-electron chi connectivity index (χ0n) is 11.4. The van der Waals surface area contributed by atoms with Crippen molar-refractivity contribution < 1.29 is 19.7 Å². The molecule has 2 unspecified atom stereocenters. The van der Waals surface area contributed by atoms with Gasteiger partial charge in [-0.05, 0) is 28.8 Å². The largest absolute Gasteiger partial charge is 0.467 e. The van der Waals surface area contributed by atoms with Gasteiger partial charge in [-0.1, -0.05) is 48.0 Å². The van der Waals surface area contributed by atoms with Gasteiger partial charge in [0.05, 0.1) is 7.11 Å². The summed E-state index contributed by atoms with van der Waals surface area (Å²) in [5.41, 5.74) is 2.36. The van der Waals surface area contributed by atoms with Gasteiger partial charge in [-0.25, -0.2) is 4.79 Å². The van der Waals surface area contributed by atoms with Gasteiger partial charge in [-0.2, -0.15) is 0 Å². The van der Waals surface area contributed by atoms with Crippen LogP contribution < -0.4 is 0 Å². The Balaban J connectivity index is 2.18. The quantitative estimate of drug-likeness (QED) is 0.852. The third kappa shape index (κ3) is 3.61. The summed E-state index contributed by atoms with van der Waals surface area (Å²) in [7, 11) is 1.15. The molecule has 0 spiro atoms. The SMILES string of the molecule is COC(=O)C(O)C(O)c1ccc(-c2ccc(Cl)cc2)cc1. The number of hydrogen-bond acceptors (Lipinski definition) is 4. The van der Waals surface area contributed by atoms with Crippen LogP contribution in [0.2, 0.25) is 5.02 Å². The Labute approximate surface area is 127 Å². The number of esters is 1. The van der Waals surface area contributed by atoms with Gasteiger partial charge in [-0.15, -0.1) is 0 Å². The fourth-order valence-corrected chi connectivity index (χ4v) is 2.07. The minimum Gasteiger partial charge on any atom is -0.467 e. The molecule has 0 saturated carbocycles. The second-order valence-corrected chi connectivity index (χ2v) is 4.98. The van der Waals surface area contributed by atoms with Gasteiger partial charge in [0.15, 0.2) is 6.10 Å². The topological polar surface area (TPSA) is 66.8 Å². The van der Waals surface area contributed by atoms with Gasteiger partial charge in [0.1, 0.15) is 6.10 Å². The molecule has 110 valence electrons. The molecule has 0 aliphatic rings. The van der Waals surface area contributed by atoms with Gasteiger partial charge in [-0.3, -0.25) is 0 Å². The molecule has 0 heterocycles. The minimum absolute atomic E-state index is 0.436. The molecule has 4 nitrogen and oxygen atoms in total. The Morgan fingerprint density at radius 1 is 1.00 bits per heavy atom. The number of ether oxygens (including phenoxy) is 1. The Hall–Kier alpha value is -1.88. The highest BCUT2D eigenvalue weighted by Crippen LogP contribution is 2.25. The number of aliphatic hydroxyl groups excluding tert-OH is 2. The highest BCUT2D eigenvalue weighted by atomic mass is 35.5. The summed E-state index contributed by atoms with van der Waals surface area (Å²) in [6.07, 6.45) is -2.92. The molecule has 0 bridgehead atoms. The molecule has 0 amide bonds. The highest BCUT2D eigenvalue weighted by molar-refractivity contribution is 6.30. The number of carbonyl (C=O) groups is 1. The molecule has 0 aliphatic carbocycles. The molecular weight excluding hydrogens is 292 g/mol. The summed E-state index contributed by atoms with van der Waals surface area (Å²) in [4.78, 5) is 11.2. The lowest BCUT2D eigenvalue weighted by Gasteiger charge is -2.16. The second-order valence-electron chi connectivity index (χ2n) is 4.54. The molecule has 2 rings (SSSR count). The first-order chi connectivity index (χ1) is 10.0. The fourth-order valence-electron chi connectivity index (χ4n) is 1.95. The third-order valence-electron chi connectivity index (χ3n) is 3.17. The second kappa shape index (κ2) is 6.72. The number of rotatable bonds is 4. The van der Waals surface area contributed by atoms with E-state index in [0.29, 0.717) is 10.6 Å². The van der Waals surface area contributed by atoms with E-state index in [1.165, 1.54) is 0 Å². The van der Waals surface area contributed by atoms with E-state index in [1.54, 1.807) is 36.4 Å². The zero-order chi connectivity index (χ0) is 15.4. The van der Waals surface area contributed by atoms with E-state index < -0.39 is 18.2 Å². The summed E-state index contributed by atoms with van der Waals surface area (Å²) in [5.74, 6) is -0.871. The standard InChI is InChI=1S/C16H15ClO4/c1-21-16(20)15(19)14(18)12-4-2-10(3-5-12)11-6-8-13(17)9-7-11/h2-9,14-15,18-19H,1H3. The van der Waals surface area contributed by atoms with Crippen LogP contribution in [0.5, 0.6) is 0 Å². The van der Waals surface area contributed by atoms with Crippen LogP contribution >= 0.6 is 11.6 Å². The van der Waals surface area contributed by atoms with Crippen molar-refractivity contribution in [2.75, 3.05) is 7.11 Å². The van der Waals surface area contributed by atoms with Crippen molar-refractivity contribution in [1.82, 2.24) is 0 Å². The van der Waals surface area contributed by atoms with Gasteiger partial charge >= 0.3 is 5.97 Å². The van der Waals surface area contributed by atoms with E-state index in [1.807, 2.05) is 12.1 Å². The van der Waals surface area contributed by atoms with Gasteiger partial charge in [0.25, 0.3) is 0 Å². The van der Waals surface area contributed by atoms with E-state index in [9.17, 15) is 15.0 Å². The Morgan fingerprint density at radius 2 is 1.48 bits per heavy atom. The highest BCUT2D eigenvalue weighted by Gasteiger charge is 2.26. The normalized spacial score (nSPS) is 13.5. The predicted octanol–water partition coefficient (Wildman–Crippen LogP) is 2.57. The summed E-state index contributed by atoms with van der Waals surface area (Å²) in [5, 5.41) is 20.2. The molecular formula is C16H15ClO4. The number of halogens is 1. The minimum atomic E-state index is -1.60. The van der Waals surface area contributed by atoms with E-state index in [-0.39, 0.29) is 0 Å². The smallest absolute Gasteiger partial charge is 0.337 e. The lowest BCUT2D eigenvalue weighted by Crippen LogP contribution is -2.28. The van der Waals surface area contributed by atoms with E-state index in [2.05, 4.69) is 4.74 Å². The van der Waals surface area contributed by atoms with Crippen LogP contribution in [0.4, 0.5) is 0 Å². The molecule has 0 aliphatic heterocycles. The monoisotopic (exact) mass is 306 g/mol. The number of aliphatic hydroxyl groups is 2. The lowest BCUT2D eigenvalue weighted by molar-refractivity contribution is -0.156. The maximum atomic E-state index is 11.2. The van der Waals surface area contributed by atoms with Crippen LogP contribution in [0.15, 0.2) is 48.5 Å². The Kier molecular flexibility index (Phi) is 4.96. The van der Waals surface area contributed by atoms with Gasteiger partial charge in [0.2, 0.25) is 0 Å². The van der Waals surface area contributed by atoms with Crippen molar-refractivity contribution in [3.63, 3.8) is 0 Å². The molecule has 2 atom stereocenters. The molecule has 2 aromatic rings. The Morgan fingerprint density at radius 3 is 1.95 bits per heavy atom. The van der Waals surface area contributed by atoms with Crippen molar-refractivity contribution in [3.05, 3.63) is 59.1 Å². The van der Waals surface area contributed by atoms with Crippen molar-refractivity contribution >= 4 is 17.6 Å². The van der Waals surface area contributed by atoms with Crippen LogP contribution in [0.25, 0.3) is 11.1 Å². The number of carbonyl (C=O) groups excluding carboxylic acids is 1. The first-order valence-corrected chi connectivity index (χ1v) is 6.70. The maximum Gasteiger partial charge on any atom is 0.337 e. The fraction of sp³-hybridized carbons (Fsp3) is 0.188. The third-order valence-corrected chi connectivity index (χ3v) is 3.42. The van der Waals surface area contributed by atoms with Crippen LogP contribution in [0, 0.1) is 0 Å². The molecule has 21 heavy (non-hydrogen) atoms. The first kappa shape index (κ1) is 15.5. The van der Waals surface area contributed by atoms with E-state index in [4.69, 9.17) is 11.6 Å². The number of hydrogen-bond donors (Lipinski definition) is 2. The van der Waals surface area contributed by atoms with Crippen LogP contribution in [-0.2, 0) is 9.53 Å². The van der Waals surface area contributed by atoms with Crippen molar-refractivity contribution in [1.29, 1.82) is 0 Å². The molecule has 0 aromatic heterocycles. The maximum absolute atomic E-state index is 11.2. The van der Waals surface area contributed by atoms with E-state index >= 15 is 0 Å². The zero-order valence-corrected chi connectivity index (χ0v) is 12.1. The van der Waals surface area contributed by atoms with Crippen LogP contribution in [0.1, 0.15) is 11.7 Å². The summed E-state index contributed by atoms with van der Waals surface area (Å²) in [6, 6.07) is 14.3. The molecule has 5 heteroatoms. The molecule has 0 fully saturated rings. The number of benzene rings is 2. The van der Waals surface area contributed by atoms with E-state index in [0.717, 1.165) is 18.2 Å². The van der Waals surface area contributed by atoms with Gasteiger partial charge in [0, 0.05) is 5.02 Å². The molecule has 0 radical (unpaired) electrons. The lowest BCUT2D eigenvalue weighted by atomic mass is 9.99. The molecule has 2 N–H and O–H groups in total.